The van der Waals surface area contributed by atoms with Crippen LogP contribution in [0.5, 0.6) is 11.5 Å². The summed E-state index contributed by atoms with van der Waals surface area (Å²) in [6.45, 7) is -0.219. The number of rotatable bonds is 9. The highest BCUT2D eigenvalue weighted by Crippen LogP contribution is 2.26. The van der Waals surface area contributed by atoms with Crippen LogP contribution in [-0.2, 0) is 4.79 Å². The number of methoxy groups -OCH3 is 1. The summed E-state index contributed by atoms with van der Waals surface area (Å²) in [6.07, 6.45) is 1.40. The number of amides is 2. The van der Waals surface area contributed by atoms with Crippen molar-refractivity contribution in [2.24, 2.45) is 5.10 Å². The lowest BCUT2D eigenvalue weighted by Gasteiger charge is -2.11. The SMILES string of the molecule is COc1ccccc1NC(=O)COc1ccc(/C=N/NC(=O)c2cccc([N+](=O)[O-])c2)cc1Br. The summed E-state index contributed by atoms with van der Waals surface area (Å²) in [7, 11) is 1.52. The molecule has 0 aliphatic heterocycles. The van der Waals surface area contributed by atoms with Gasteiger partial charge in [-0.2, -0.15) is 5.10 Å². The molecule has 0 radical (unpaired) electrons. The Morgan fingerprint density at radius 1 is 1.09 bits per heavy atom. The van der Waals surface area contributed by atoms with Crippen LogP contribution in [0.2, 0.25) is 0 Å². The molecule has 0 fully saturated rings. The van der Waals surface area contributed by atoms with Crippen LogP contribution < -0.4 is 20.2 Å². The molecule has 2 amide bonds. The number of nitro benzene ring substituents is 1. The minimum Gasteiger partial charge on any atom is -0.495 e. The van der Waals surface area contributed by atoms with Gasteiger partial charge in [0, 0.05) is 17.7 Å². The Labute approximate surface area is 202 Å². The first-order valence-corrected chi connectivity index (χ1v) is 10.6. The first-order chi connectivity index (χ1) is 16.4. The second kappa shape index (κ2) is 11.6. The smallest absolute Gasteiger partial charge is 0.271 e. The second-order valence-electron chi connectivity index (χ2n) is 6.73. The number of hydrogen-bond donors (Lipinski definition) is 2. The molecule has 34 heavy (non-hydrogen) atoms. The molecule has 3 aromatic rings. The number of halogens is 1. The molecule has 0 heterocycles. The first-order valence-electron chi connectivity index (χ1n) is 9.80. The Kier molecular flexibility index (Phi) is 8.30. The third kappa shape index (κ3) is 6.62. The van der Waals surface area contributed by atoms with Gasteiger partial charge in [-0.1, -0.05) is 18.2 Å². The van der Waals surface area contributed by atoms with Crippen LogP contribution in [-0.4, -0.2) is 36.7 Å². The fourth-order valence-electron chi connectivity index (χ4n) is 2.78. The summed E-state index contributed by atoms with van der Waals surface area (Å²) in [6, 6.07) is 17.4. The summed E-state index contributed by atoms with van der Waals surface area (Å²) >= 11 is 3.38. The van der Waals surface area contributed by atoms with Crippen LogP contribution in [0.1, 0.15) is 15.9 Å². The number of hydrogen-bond acceptors (Lipinski definition) is 7. The van der Waals surface area contributed by atoms with E-state index in [2.05, 4.69) is 31.8 Å². The lowest BCUT2D eigenvalue weighted by Crippen LogP contribution is -2.20. The summed E-state index contributed by atoms with van der Waals surface area (Å²) in [4.78, 5) is 34.6. The molecule has 0 bridgehead atoms. The van der Waals surface area contributed by atoms with Gasteiger partial charge in [-0.15, -0.1) is 0 Å². The normalized spacial score (nSPS) is 10.5. The van der Waals surface area contributed by atoms with Crippen molar-refractivity contribution in [2.75, 3.05) is 19.0 Å². The first kappa shape index (κ1) is 24.4. The van der Waals surface area contributed by atoms with Gasteiger partial charge in [-0.25, -0.2) is 5.43 Å². The zero-order chi connectivity index (χ0) is 24.5. The van der Waals surface area contributed by atoms with E-state index in [1.165, 1.54) is 31.5 Å². The number of non-ortho nitro benzene ring substituents is 1. The zero-order valence-electron chi connectivity index (χ0n) is 17.9. The minimum atomic E-state index is -0.583. The fraction of sp³-hybridized carbons (Fsp3) is 0.0870. The van der Waals surface area contributed by atoms with Gasteiger partial charge in [-0.05, 0) is 57.9 Å². The van der Waals surface area contributed by atoms with Crippen LogP contribution >= 0.6 is 15.9 Å². The maximum Gasteiger partial charge on any atom is 0.271 e. The number of anilines is 1. The molecule has 0 aromatic heterocycles. The molecule has 0 spiro atoms. The Bertz CT molecular complexity index is 1250. The Morgan fingerprint density at radius 3 is 2.62 bits per heavy atom. The van der Waals surface area contributed by atoms with E-state index in [9.17, 15) is 19.7 Å². The van der Waals surface area contributed by atoms with Gasteiger partial charge in [-0.3, -0.25) is 19.7 Å². The predicted octanol–water partition coefficient (Wildman–Crippen LogP) is 4.15. The van der Waals surface area contributed by atoms with E-state index in [1.54, 1.807) is 42.5 Å². The van der Waals surface area contributed by atoms with Gasteiger partial charge in [0.1, 0.15) is 11.5 Å². The van der Waals surface area contributed by atoms with Crippen LogP contribution in [0.4, 0.5) is 11.4 Å². The zero-order valence-corrected chi connectivity index (χ0v) is 19.4. The predicted molar refractivity (Wildman–Crippen MR) is 129 cm³/mol. The molecule has 0 unspecified atom stereocenters. The monoisotopic (exact) mass is 526 g/mol. The van der Waals surface area contributed by atoms with Crippen molar-refractivity contribution in [2.45, 2.75) is 0 Å². The largest absolute Gasteiger partial charge is 0.495 e. The lowest BCUT2D eigenvalue weighted by molar-refractivity contribution is -0.384. The molecule has 174 valence electrons. The van der Waals surface area contributed by atoms with Gasteiger partial charge in [0.25, 0.3) is 17.5 Å². The molecule has 3 rings (SSSR count). The van der Waals surface area contributed by atoms with Gasteiger partial charge in [0.05, 0.1) is 28.4 Å². The number of ether oxygens (including phenoxy) is 2. The molecule has 3 aromatic carbocycles. The third-order valence-corrected chi connectivity index (χ3v) is 5.01. The molecular formula is C23H19BrN4O6. The lowest BCUT2D eigenvalue weighted by atomic mass is 10.2. The number of carbonyl (C=O) groups excluding carboxylic acids is 2. The molecule has 0 aliphatic rings. The van der Waals surface area contributed by atoms with E-state index >= 15 is 0 Å². The van der Waals surface area contributed by atoms with E-state index in [1.807, 2.05) is 0 Å². The van der Waals surface area contributed by atoms with Crippen molar-refractivity contribution in [1.29, 1.82) is 0 Å². The summed E-state index contributed by atoms with van der Waals surface area (Å²) < 4.78 is 11.3. The molecule has 10 nitrogen and oxygen atoms in total. The van der Waals surface area contributed by atoms with Gasteiger partial charge in [0.15, 0.2) is 6.61 Å². The molecule has 11 heteroatoms. The number of nitrogens with one attached hydrogen (secondary N) is 2. The van der Waals surface area contributed by atoms with E-state index in [4.69, 9.17) is 9.47 Å². The summed E-state index contributed by atoms with van der Waals surface area (Å²) in [5.74, 6) is 0.0390. The number of benzene rings is 3. The number of hydrazone groups is 1. The highest BCUT2D eigenvalue weighted by molar-refractivity contribution is 9.10. The number of nitrogens with zero attached hydrogens (tertiary/aromatic N) is 2. The van der Waals surface area contributed by atoms with Crippen LogP contribution in [0.3, 0.4) is 0 Å². The standard InChI is InChI=1S/C23H19BrN4O6/c1-33-21-8-3-2-7-19(21)26-22(29)14-34-20-10-9-15(11-18(20)24)13-25-27-23(30)16-5-4-6-17(12-16)28(31)32/h2-13H,14H2,1H3,(H,26,29)(H,27,30)/b25-13+. The summed E-state index contributed by atoms with van der Waals surface area (Å²) in [5, 5.41) is 17.4. The highest BCUT2D eigenvalue weighted by atomic mass is 79.9. The Hall–Kier alpha value is -4.25. The van der Waals surface area contributed by atoms with Crippen molar-refractivity contribution in [3.05, 3.63) is 92.4 Å². The van der Waals surface area contributed by atoms with Gasteiger partial charge in [0.2, 0.25) is 0 Å². The minimum absolute atomic E-state index is 0.114. The average Bonchev–Trinajstić information content (AvgIpc) is 2.83. The maximum absolute atomic E-state index is 12.2. The molecule has 0 aliphatic carbocycles. The average molecular weight is 527 g/mol. The Morgan fingerprint density at radius 2 is 1.88 bits per heavy atom. The summed E-state index contributed by atoms with van der Waals surface area (Å²) in [5.41, 5.74) is 3.42. The van der Waals surface area contributed by atoms with Crippen LogP contribution in [0, 0.1) is 10.1 Å². The number of nitro groups is 1. The van der Waals surface area contributed by atoms with Gasteiger partial charge >= 0.3 is 0 Å². The van der Waals surface area contributed by atoms with Crippen molar-refractivity contribution in [1.82, 2.24) is 5.43 Å². The molecule has 0 atom stereocenters. The van der Waals surface area contributed by atoms with Crippen molar-refractivity contribution in [3.63, 3.8) is 0 Å². The molecular weight excluding hydrogens is 508 g/mol. The number of carbonyl (C=O) groups is 2. The van der Waals surface area contributed by atoms with Crippen molar-refractivity contribution >= 4 is 45.3 Å². The van der Waals surface area contributed by atoms with Crippen LogP contribution in [0.15, 0.2) is 76.3 Å². The topological polar surface area (TPSA) is 132 Å². The van der Waals surface area contributed by atoms with E-state index in [0.29, 0.717) is 27.2 Å². The van der Waals surface area contributed by atoms with Gasteiger partial charge < -0.3 is 14.8 Å². The second-order valence-corrected chi connectivity index (χ2v) is 7.59. The number of para-hydroxylation sites is 2. The van der Waals surface area contributed by atoms with E-state index in [0.717, 1.165) is 6.07 Å². The van der Waals surface area contributed by atoms with Crippen molar-refractivity contribution < 1.29 is 24.0 Å². The molecule has 2 N–H and O–H groups in total. The Balaban J connectivity index is 1.54. The quantitative estimate of drug-likeness (QED) is 0.244. The van der Waals surface area contributed by atoms with E-state index < -0.39 is 10.8 Å². The van der Waals surface area contributed by atoms with Crippen molar-refractivity contribution in [3.8, 4) is 11.5 Å². The van der Waals surface area contributed by atoms with E-state index in [-0.39, 0.29) is 23.8 Å². The third-order valence-electron chi connectivity index (χ3n) is 4.39. The maximum atomic E-state index is 12.2. The highest BCUT2D eigenvalue weighted by Gasteiger charge is 2.11. The molecule has 0 saturated carbocycles. The fourth-order valence-corrected chi connectivity index (χ4v) is 3.29. The van der Waals surface area contributed by atoms with Crippen LogP contribution in [0.25, 0.3) is 0 Å². The molecule has 0 saturated heterocycles.